The minimum atomic E-state index is -0.899. The first kappa shape index (κ1) is 25.6. The van der Waals surface area contributed by atoms with Gasteiger partial charge in [0.2, 0.25) is 0 Å². The van der Waals surface area contributed by atoms with Crippen LogP contribution in [0.3, 0.4) is 0 Å². The molecule has 1 heterocycles. The lowest BCUT2D eigenvalue weighted by Gasteiger charge is -2.63. The maximum Gasteiger partial charge on any atom is 0.301 e. The molecule has 4 aliphatic carbocycles. The van der Waals surface area contributed by atoms with Crippen LogP contribution in [-0.4, -0.2) is 50.1 Å². The third-order valence-electron chi connectivity index (χ3n) is 8.82. The molecule has 9 heteroatoms. The summed E-state index contributed by atoms with van der Waals surface area (Å²) in [6, 6.07) is 4.37. The number of nitrogens with two attached hydrogens (primary N) is 1. The Hall–Kier alpha value is -3.04. The molecule has 2 atom stereocenters. The van der Waals surface area contributed by atoms with Crippen LogP contribution in [0.4, 0.5) is 10.1 Å². The molecule has 4 saturated carbocycles. The van der Waals surface area contributed by atoms with Crippen LogP contribution in [0.15, 0.2) is 18.2 Å². The number of aliphatic hydroxyl groups excluding tert-OH is 1. The van der Waals surface area contributed by atoms with E-state index in [2.05, 4.69) is 0 Å². The number of carbonyl (C=O) groups is 3. The number of aryl methyl sites for hydroxylation is 1. The van der Waals surface area contributed by atoms with Gasteiger partial charge in [-0.2, -0.15) is 0 Å². The van der Waals surface area contributed by atoms with Gasteiger partial charge in [-0.3, -0.25) is 19.3 Å². The van der Waals surface area contributed by atoms with Crippen LogP contribution in [0.2, 0.25) is 0 Å². The molecular weight excluding hydrogens is 477 g/mol. The van der Waals surface area contributed by atoms with Gasteiger partial charge in [0.05, 0.1) is 29.0 Å². The predicted octanol–water partition coefficient (Wildman–Crippen LogP) is 2.94. The first-order chi connectivity index (χ1) is 17.4. The number of nitrogens with zero attached hydrogens (tertiary/aromatic N) is 2. The number of hydrogen-bond donors (Lipinski definition) is 3. The molecule has 2 amide bonds. The second kappa shape index (κ2) is 8.77. The highest BCUT2D eigenvalue weighted by Gasteiger charge is 2.61. The molecule has 0 saturated heterocycles. The predicted molar refractivity (Wildman–Crippen MR) is 135 cm³/mol. The largest absolute Gasteiger partial charge is 0.395 e. The van der Waals surface area contributed by atoms with E-state index in [-0.39, 0.29) is 41.8 Å². The summed E-state index contributed by atoms with van der Waals surface area (Å²) in [5.74, 6) is -2.29. The SMILES string of the molecule is Cc1cc(N(C(=O)C(=O)c2c(C)c(C(N)=O)c(C)n2CCO)C23CC4CC(CC(O)(C4)C2)C3)ccc1F. The van der Waals surface area contributed by atoms with Crippen molar-refractivity contribution in [2.24, 2.45) is 17.6 Å². The summed E-state index contributed by atoms with van der Waals surface area (Å²) >= 11 is 0. The minimum absolute atomic E-state index is 0.0117. The number of amides is 2. The fourth-order valence-electron chi connectivity index (χ4n) is 7.94. The number of carbonyl (C=O) groups excluding carboxylic acids is 3. The van der Waals surface area contributed by atoms with E-state index in [1.807, 2.05) is 0 Å². The lowest BCUT2D eigenvalue weighted by molar-refractivity contribution is -0.141. The lowest BCUT2D eigenvalue weighted by Crippen LogP contribution is -2.67. The Morgan fingerprint density at radius 1 is 1.14 bits per heavy atom. The molecule has 1 aromatic heterocycles. The third kappa shape index (κ3) is 3.99. The zero-order valence-electron chi connectivity index (χ0n) is 21.5. The van der Waals surface area contributed by atoms with Crippen LogP contribution in [0.25, 0.3) is 0 Å². The van der Waals surface area contributed by atoms with Gasteiger partial charge in [-0.25, -0.2) is 4.39 Å². The number of ketones is 1. The first-order valence-corrected chi connectivity index (χ1v) is 12.9. The van der Waals surface area contributed by atoms with Crippen molar-refractivity contribution in [2.45, 2.75) is 77.0 Å². The number of halogens is 1. The van der Waals surface area contributed by atoms with Crippen molar-refractivity contribution in [3.05, 3.63) is 52.1 Å². The standard InChI is InChI=1S/C28H34FN3O5/c1-15-8-20(4-5-21(15)29)32(27-10-18-9-19(11-27)13-28(37,12-18)14-27)26(36)24(34)23-16(2)22(25(30)35)17(3)31(23)6-7-33/h4-5,8,18-19,33,37H,6-7,9-14H2,1-3H3,(H2,30,35). The van der Waals surface area contributed by atoms with E-state index in [0.717, 1.165) is 6.42 Å². The highest BCUT2D eigenvalue weighted by molar-refractivity contribution is 6.47. The van der Waals surface area contributed by atoms with Gasteiger partial charge in [0.1, 0.15) is 5.82 Å². The van der Waals surface area contributed by atoms with E-state index in [4.69, 9.17) is 5.73 Å². The smallest absolute Gasteiger partial charge is 0.301 e. The molecule has 4 fully saturated rings. The van der Waals surface area contributed by atoms with Crippen molar-refractivity contribution >= 4 is 23.3 Å². The third-order valence-corrected chi connectivity index (χ3v) is 8.82. The van der Waals surface area contributed by atoms with Crippen molar-refractivity contribution in [1.82, 2.24) is 4.57 Å². The number of primary amides is 1. The van der Waals surface area contributed by atoms with Crippen molar-refractivity contribution in [1.29, 1.82) is 0 Å². The number of aromatic nitrogens is 1. The average Bonchev–Trinajstić information content (AvgIpc) is 3.03. The van der Waals surface area contributed by atoms with E-state index in [0.29, 0.717) is 49.0 Å². The number of anilines is 1. The van der Waals surface area contributed by atoms with E-state index in [9.17, 15) is 29.0 Å². The number of hydrogen-bond acceptors (Lipinski definition) is 5. The second-order valence-corrected chi connectivity index (χ2v) is 11.5. The molecular formula is C28H34FN3O5. The Morgan fingerprint density at radius 3 is 2.32 bits per heavy atom. The summed E-state index contributed by atoms with van der Waals surface area (Å²) in [5.41, 5.74) is 5.52. The van der Waals surface area contributed by atoms with Gasteiger partial charge in [-0.15, -0.1) is 0 Å². The van der Waals surface area contributed by atoms with Crippen molar-refractivity contribution in [3.8, 4) is 0 Å². The topological polar surface area (TPSA) is 126 Å². The Kier molecular flexibility index (Phi) is 6.07. The van der Waals surface area contributed by atoms with Crippen molar-refractivity contribution < 1.29 is 29.0 Å². The van der Waals surface area contributed by atoms with Crippen LogP contribution in [0.1, 0.15) is 76.2 Å². The summed E-state index contributed by atoms with van der Waals surface area (Å²) in [5, 5.41) is 21.0. The molecule has 8 nitrogen and oxygen atoms in total. The summed E-state index contributed by atoms with van der Waals surface area (Å²) in [4.78, 5) is 41.9. The molecule has 198 valence electrons. The maximum absolute atomic E-state index is 14.3. The molecule has 1 aromatic carbocycles. The second-order valence-electron chi connectivity index (χ2n) is 11.5. The zero-order valence-corrected chi connectivity index (χ0v) is 21.5. The molecule has 2 unspecified atom stereocenters. The van der Waals surface area contributed by atoms with E-state index in [1.54, 1.807) is 26.8 Å². The Labute approximate surface area is 215 Å². The Bertz CT molecular complexity index is 1300. The molecule has 4 bridgehead atoms. The number of rotatable bonds is 7. The molecule has 4 N–H and O–H groups in total. The summed E-state index contributed by atoms with van der Waals surface area (Å²) in [6.07, 6.45) is 4.02. The molecule has 4 aliphatic rings. The first-order valence-electron chi connectivity index (χ1n) is 12.9. The fourth-order valence-corrected chi connectivity index (χ4v) is 7.94. The van der Waals surface area contributed by atoms with Gasteiger partial charge in [0.25, 0.3) is 11.7 Å². The molecule has 0 radical (unpaired) electrons. The summed E-state index contributed by atoms with van der Waals surface area (Å²) in [7, 11) is 0. The van der Waals surface area contributed by atoms with Crippen LogP contribution in [-0.2, 0) is 11.3 Å². The van der Waals surface area contributed by atoms with E-state index in [1.165, 1.54) is 21.6 Å². The molecule has 0 aliphatic heterocycles. The van der Waals surface area contributed by atoms with Crippen LogP contribution in [0.5, 0.6) is 0 Å². The van der Waals surface area contributed by atoms with Crippen LogP contribution < -0.4 is 10.6 Å². The number of benzene rings is 1. The quantitative estimate of drug-likeness (QED) is 0.389. The average molecular weight is 512 g/mol. The maximum atomic E-state index is 14.3. The summed E-state index contributed by atoms with van der Waals surface area (Å²) < 4.78 is 15.7. The lowest BCUT2D eigenvalue weighted by atomic mass is 9.50. The van der Waals surface area contributed by atoms with Gasteiger partial charge in [-0.1, -0.05) is 0 Å². The van der Waals surface area contributed by atoms with E-state index >= 15 is 0 Å². The van der Waals surface area contributed by atoms with Gasteiger partial charge in [-0.05, 0) is 100 Å². The van der Waals surface area contributed by atoms with Gasteiger partial charge in [0, 0.05) is 17.9 Å². The number of Topliss-reactive ketones (excluding diaryl/α,β-unsaturated/α-hetero) is 1. The van der Waals surface area contributed by atoms with Crippen LogP contribution >= 0.6 is 0 Å². The van der Waals surface area contributed by atoms with Crippen LogP contribution in [0, 0.1) is 38.4 Å². The van der Waals surface area contributed by atoms with Gasteiger partial charge >= 0.3 is 5.91 Å². The zero-order chi connectivity index (χ0) is 26.9. The Morgan fingerprint density at radius 2 is 1.78 bits per heavy atom. The molecule has 37 heavy (non-hydrogen) atoms. The highest BCUT2D eigenvalue weighted by Crippen LogP contribution is 2.60. The van der Waals surface area contributed by atoms with Gasteiger partial charge < -0.3 is 20.5 Å². The molecule has 2 aromatic rings. The van der Waals surface area contributed by atoms with Gasteiger partial charge in [0.15, 0.2) is 0 Å². The minimum Gasteiger partial charge on any atom is -0.395 e. The highest BCUT2D eigenvalue weighted by atomic mass is 19.1. The molecule has 0 spiro atoms. The van der Waals surface area contributed by atoms with Crippen molar-refractivity contribution in [2.75, 3.05) is 11.5 Å². The van der Waals surface area contributed by atoms with E-state index < -0.39 is 34.6 Å². The fraction of sp³-hybridized carbons (Fsp3) is 0.536. The normalized spacial score (nSPS) is 27.9. The number of aliphatic hydroxyl groups is 2. The van der Waals surface area contributed by atoms with Crippen molar-refractivity contribution in [3.63, 3.8) is 0 Å². The monoisotopic (exact) mass is 511 g/mol. The summed E-state index contributed by atoms with van der Waals surface area (Å²) in [6.45, 7) is 4.51. The Balaban J connectivity index is 1.65. The molecule has 6 rings (SSSR count).